The Morgan fingerprint density at radius 3 is 2.88 bits per heavy atom. The van der Waals surface area contributed by atoms with Crippen LogP contribution in [0.25, 0.3) is 0 Å². The van der Waals surface area contributed by atoms with Crippen molar-refractivity contribution in [2.75, 3.05) is 32.7 Å². The van der Waals surface area contributed by atoms with Gasteiger partial charge in [0.15, 0.2) is 0 Å². The average Bonchev–Trinajstić information content (AvgIpc) is 2.28. The Morgan fingerprint density at radius 1 is 1.38 bits per heavy atom. The minimum Gasteiger partial charge on any atom is -0.399 e. The summed E-state index contributed by atoms with van der Waals surface area (Å²) in [5.74, 6) is 0. The highest BCUT2D eigenvalue weighted by Crippen LogP contribution is 2.15. The van der Waals surface area contributed by atoms with E-state index in [9.17, 15) is 5.11 Å². The number of hydrogen-bond donors (Lipinski definition) is 2. The summed E-state index contributed by atoms with van der Waals surface area (Å²) in [7, 11) is 1.65. The minimum atomic E-state index is -0.619. The summed E-state index contributed by atoms with van der Waals surface area (Å²) in [6, 6.07) is 7.19. The van der Waals surface area contributed by atoms with Gasteiger partial charge in [-0.3, -0.25) is 0 Å². The lowest BCUT2D eigenvalue weighted by molar-refractivity contribution is 0.0279. The maximum absolute atomic E-state index is 9.79. The summed E-state index contributed by atoms with van der Waals surface area (Å²) >= 11 is 0. The van der Waals surface area contributed by atoms with Crippen LogP contribution in [0.4, 0.5) is 5.69 Å². The third-order valence-electron chi connectivity index (χ3n) is 2.21. The van der Waals surface area contributed by atoms with Crippen molar-refractivity contribution in [3.05, 3.63) is 29.8 Å². The van der Waals surface area contributed by atoms with E-state index in [2.05, 4.69) is 0 Å². The molecule has 90 valence electrons. The quantitative estimate of drug-likeness (QED) is 0.543. The molecule has 0 amide bonds. The third-order valence-corrected chi connectivity index (χ3v) is 2.21. The predicted molar refractivity (Wildman–Crippen MR) is 63.1 cm³/mol. The fraction of sp³-hybridized carbons (Fsp3) is 0.500. The van der Waals surface area contributed by atoms with Gasteiger partial charge in [-0.15, -0.1) is 0 Å². The molecule has 0 aliphatic rings. The molecule has 0 spiro atoms. The molecule has 0 saturated carbocycles. The molecule has 0 aromatic heterocycles. The Labute approximate surface area is 96.0 Å². The lowest BCUT2D eigenvalue weighted by Gasteiger charge is -2.12. The zero-order chi connectivity index (χ0) is 11.8. The highest BCUT2D eigenvalue weighted by molar-refractivity contribution is 5.41. The number of ether oxygens (including phenoxy) is 2. The van der Waals surface area contributed by atoms with E-state index in [0.29, 0.717) is 18.9 Å². The highest BCUT2D eigenvalue weighted by Gasteiger charge is 2.07. The van der Waals surface area contributed by atoms with Crippen molar-refractivity contribution in [3.8, 4) is 0 Å². The summed E-state index contributed by atoms with van der Waals surface area (Å²) in [5, 5.41) is 9.79. The molecule has 4 nitrogen and oxygen atoms in total. The van der Waals surface area contributed by atoms with Gasteiger partial charge in [0.05, 0.1) is 6.61 Å². The molecular weight excluding hydrogens is 206 g/mol. The largest absolute Gasteiger partial charge is 0.399 e. The molecule has 1 unspecified atom stereocenters. The number of benzene rings is 1. The molecule has 1 atom stereocenters. The average molecular weight is 225 g/mol. The van der Waals surface area contributed by atoms with Crippen LogP contribution in [0, 0.1) is 0 Å². The van der Waals surface area contributed by atoms with E-state index in [4.69, 9.17) is 15.2 Å². The van der Waals surface area contributed by atoms with Crippen molar-refractivity contribution in [2.24, 2.45) is 0 Å². The van der Waals surface area contributed by atoms with Gasteiger partial charge in [0.1, 0.15) is 6.10 Å². The Hall–Kier alpha value is -1.10. The van der Waals surface area contributed by atoms with Gasteiger partial charge < -0.3 is 20.3 Å². The van der Waals surface area contributed by atoms with Gasteiger partial charge in [0.25, 0.3) is 0 Å². The Balaban J connectivity index is 2.27. The summed E-state index contributed by atoms with van der Waals surface area (Å²) in [5.41, 5.74) is 7.06. The van der Waals surface area contributed by atoms with E-state index in [0.717, 1.165) is 12.0 Å². The predicted octanol–water partition coefficient (Wildman–Crippen LogP) is 1.36. The van der Waals surface area contributed by atoms with E-state index in [-0.39, 0.29) is 6.61 Å². The van der Waals surface area contributed by atoms with Crippen LogP contribution in [0.1, 0.15) is 18.1 Å². The molecule has 16 heavy (non-hydrogen) atoms. The first-order valence-electron chi connectivity index (χ1n) is 5.34. The molecule has 4 heteroatoms. The SMILES string of the molecule is COCCCOCC(O)c1cccc(N)c1. The summed E-state index contributed by atoms with van der Waals surface area (Å²) in [4.78, 5) is 0. The number of hydrogen-bond acceptors (Lipinski definition) is 4. The normalized spacial score (nSPS) is 12.6. The molecule has 0 aliphatic heterocycles. The molecule has 0 heterocycles. The number of aliphatic hydroxyl groups excluding tert-OH is 1. The molecule has 3 N–H and O–H groups in total. The van der Waals surface area contributed by atoms with Gasteiger partial charge in [-0.25, -0.2) is 0 Å². The van der Waals surface area contributed by atoms with Crippen LogP contribution in [0.3, 0.4) is 0 Å². The first-order valence-corrected chi connectivity index (χ1v) is 5.34. The molecular formula is C12H19NO3. The zero-order valence-electron chi connectivity index (χ0n) is 9.56. The van der Waals surface area contributed by atoms with Gasteiger partial charge in [0, 0.05) is 26.0 Å². The van der Waals surface area contributed by atoms with Crippen LogP contribution in [0.15, 0.2) is 24.3 Å². The molecule has 1 rings (SSSR count). The monoisotopic (exact) mass is 225 g/mol. The van der Waals surface area contributed by atoms with Crippen LogP contribution >= 0.6 is 0 Å². The lowest BCUT2D eigenvalue weighted by Crippen LogP contribution is -2.09. The van der Waals surface area contributed by atoms with Gasteiger partial charge in [-0.05, 0) is 24.1 Å². The number of anilines is 1. The molecule has 0 radical (unpaired) electrons. The van der Waals surface area contributed by atoms with E-state index in [1.807, 2.05) is 12.1 Å². The van der Waals surface area contributed by atoms with Crippen molar-refractivity contribution >= 4 is 5.69 Å². The zero-order valence-corrected chi connectivity index (χ0v) is 9.56. The summed E-state index contributed by atoms with van der Waals surface area (Å²) in [6.07, 6.45) is 0.214. The second-order valence-corrected chi connectivity index (χ2v) is 3.61. The topological polar surface area (TPSA) is 64.7 Å². The van der Waals surface area contributed by atoms with Crippen LogP contribution < -0.4 is 5.73 Å². The standard InChI is InChI=1S/C12H19NO3/c1-15-6-3-7-16-9-12(14)10-4-2-5-11(13)8-10/h2,4-5,8,12,14H,3,6-7,9,13H2,1H3. The van der Waals surface area contributed by atoms with E-state index < -0.39 is 6.10 Å². The molecule has 0 saturated heterocycles. The van der Waals surface area contributed by atoms with Crippen molar-refractivity contribution in [1.82, 2.24) is 0 Å². The first-order chi connectivity index (χ1) is 7.74. The first kappa shape index (κ1) is 13.0. The van der Waals surface area contributed by atoms with Crippen LogP contribution in [0.2, 0.25) is 0 Å². The molecule has 1 aromatic carbocycles. The Bertz CT molecular complexity index is 304. The van der Waals surface area contributed by atoms with Crippen molar-refractivity contribution in [2.45, 2.75) is 12.5 Å². The number of rotatable bonds is 7. The maximum Gasteiger partial charge on any atom is 0.102 e. The minimum absolute atomic E-state index is 0.285. The van der Waals surface area contributed by atoms with Crippen molar-refractivity contribution in [3.63, 3.8) is 0 Å². The molecule has 0 aliphatic carbocycles. The van der Waals surface area contributed by atoms with Gasteiger partial charge >= 0.3 is 0 Å². The lowest BCUT2D eigenvalue weighted by atomic mass is 10.1. The molecule has 1 aromatic rings. The molecule has 0 bridgehead atoms. The van der Waals surface area contributed by atoms with Gasteiger partial charge in [-0.2, -0.15) is 0 Å². The smallest absolute Gasteiger partial charge is 0.102 e. The third kappa shape index (κ3) is 4.61. The van der Waals surface area contributed by atoms with Crippen LogP contribution in [-0.2, 0) is 9.47 Å². The number of nitrogens with two attached hydrogens (primary N) is 1. The van der Waals surface area contributed by atoms with Crippen molar-refractivity contribution in [1.29, 1.82) is 0 Å². The Kier molecular flexibility index (Phi) is 5.85. The van der Waals surface area contributed by atoms with Crippen molar-refractivity contribution < 1.29 is 14.6 Å². The Morgan fingerprint density at radius 2 is 2.19 bits per heavy atom. The highest BCUT2D eigenvalue weighted by atomic mass is 16.5. The van der Waals surface area contributed by atoms with E-state index in [1.54, 1.807) is 19.2 Å². The van der Waals surface area contributed by atoms with E-state index in [1.165, 1.54) is 0 Å². The second kappa shape index (κ2) is 7.22. The van der Waals surface area contributed by atoms with E-state index >= 15 is 0 Å². The van der Waals surface area contributed by atoms with Gasteiger partial charge in [0.2, 0.25) is 0 Å². The van der Waals surface area contributed by atoms with Gasteiger partial charge in [-0.1, -0.05) is 12.1 Å². The number of aliphatic hydroxyl groups is 1. The second-order valence-electron chi connectivity index (χ2n) is 3.61. The summed E-state index contributed by atoms with van der Waals surface area (Å²) in [6.45, 7) is 1.55. The van der Waals surface area contributed by atoms with Crippen LogP contribution in [0.5, 0.6) is 0 Å². The number of methoxy groups -OCH3 is 1. The molecule has 0 fully saturated rings. The number of nitrogen functional groups attached to an aromatic ring is 1. The fourth-order valence-electron chi connectivity index (χ4n) is 1.36. The fourth-order valence-corrected chi connectivity index (χ4v) is 1.36. The van der Waals surface area contributed by atoms with Crippen LogP contribution in [-0.4, -0.2) is 32.0 Å². The maximum atomic E-state index is 9.79. The summed E-state index contributed by atoms with van der Waals surface area (Å²) < 4.78 is 10.2.